The van der Waals surface area contributed by atoms with Crippen LogP contribution in [0.3, 0.4) is 0 Å². The molecule has 2 heterocycles. The molecule has 6 heteroatoms. The third-order valence-corrected chi connectivity index (χ3v) is 3.91. The molecule has 2 aromatic rings. The molecule has 1 fully saturated rings. The Kier molecular flexibility index (Phi) is 5.84. The number of nitrogens with two attached hydrogens (primary N) is 1. The molecule has 0 radical (unpaired) electrons. The van der Waals surface area contributed by atoms with Crippen LogP contribution in [0.5, 0.6) is 0 Å². The summed E-state index contributed by atoms with van der Waals surface area (Å²) in [5, 5.41) is 4.48. The van der Waals surface area contributed by atoms with Crippen molar-refractivity contribution in [2.45, 2.75) is 38.1 Å². The third kappa shape index (κ3) is 4.09. The number of hydrogen-bond donors (Lipinski definition) is 3. The summed E-state index contributed by atoms with van der Waals surface area (Å²) >= 11 is 0. The van der Waals surface area contributed by atoms with Crippen LogP contribution in [0.1, 0.15) is 31.2 Å². The topological polar surface area (TPSA) is 79.1 Å². The molecule has 114 valence electrons. The quantitative estimate of drug-likeness (QED) is 0.420. The maximum absolute atomic E-state index is 5.92. The van der Waals surface area contributed by atoms with Crippen LogP contribution in [0.4, 0.5) is 0 Å². The van der Waals surface area contributed by atoms with E-state index in [0.717, 1.165) is 12.1 Å². The summed E-state index contributed by atoms with van der Waals surface area (Å²) in [6.07, 6.45) is 9.70. The Hall–Kier alpha value is -1.31. The predicted molar refractivity (Wildman–Crippen MR) is 97.1 cm³/mol. The number of aromatic amines is 1. The highest BCUT2D eigenvalue weighted by Gasteiger charge is 2.14. The second kappa shape index (κ2) is 7.63. The van der Waals surface area contributed by atoms with Gasteiger partial charge in [0.2, 0.25) is 0 Å². The SMILES string of the molecule is I.NC(=NCCc1c[nH]c2ncccc12)NC1CCCC1. The lowest BCUT2D eigenvalue weighted by molar-refractivity contribution is 0.625. The van der Waals surface area contributed by atoms with Crippen LogP contribution in [-0.4, -0.2) is 28.5 Å². The monoisotopic (exact) mass is 399 g/mol. The number of rotatable bonds is 4. The van der Waals surface area contributed by atoms with Gasteiger partial charge in [-0.2, -0.15) is 0 Å². The van der Waals surface area contributed by atoms with Gasteiger partial charge in [-0.1, -0.05) is 12.8 Å². The van der Waals surface area contributed by atoms with Crippen molar-refractivity contribution in [2.75, 3.05) is 6.54 Å². The molecule has 0 amide bonds. The van der Waals surface area contributed by atoms with Crippen LogP contribution in [0.2, 0.25) is 0 Å². The molecule has 1 saturated carbocycles. The van der Waals surface area contributed by atoms with Crippen molar-refractivity contribution >= 4 is 41.0 Å². The van der Waals surface area contributed by atoms with Crippen LogP contribution >= 0.6 is 24.0 Å². The van der Waals surface area contributed by atoms with E-state index in [1.54, 1.807) is 6.20 Å². The van der Waals surface area contributed by atoms with Gasteiger partial charge in [0, 0.05) is 30.4 Å². The fourth-order valence-corrected chi connectivity index (χ4v) is 2.84. The molecular weight excluding hydrogens is 377 g/mol. The molecule has 0 spiro atoms. The summed E-state index contributed by atoms with van der Waals surface area (Å²) in [4.78, 5) is 11.9. The zero-order chi connectivity index (χ0) is 13.8. The van der Waals surface area contributed by atoms with Crippen molar-refractivity contribution in [2.24, 2.45) is 10.7 Å². The summed E-state index contributed by atoms with van der Waals surface area (Å²) < 4.78 is 0. The summed E-state index contributed by atoms with van der Waals surface area (Å²) in [6, 6.07) is 4.56. The molecule has 0 aromatic carbocycles. The molecule has 1 aliphatic carbocycles. The van der Waals surface area contributed by atoms with Crippen molar-refractivity contribution in [3.05, 3.63) is 30.1 Å². The first-order chi connectivity index (χ1) is 9.83. The smallest absolute Gasteiger partial charge is 0.188 e. The van der Waals surface area contributed by atoms with Gasteiger partial charge in [0.25, 0.3) is 0 Å². The van der Waals surface area contributed by atoms with E-state index in [-0.39, 0.29) is 24.0 Å². The van der Waals surface area contributed by atoms with Crippen LogP contribution in [0, 0.1) is 0 Å². The molecule has 1 aliphatic rings. The molecule has 5 nitrogen and oxygen atoms in total. The normalized spacial score (nSPS) is 16.1. The van der Waals surface area contributed by atoms with Gasteiger partial charge in [-0.15, -0.1) is 24.0 Å². The van der Waals surface area contributed by atoms with Gasteiger partial charge in [0.05, 0.1) is 0 Å². The Balaban J connectivity index is 0.00000161. The average Bonchev–Trinajstić information content (AvgIpc) is 3.09. The highest BCUT2D eigenvalue weighted by Crippen LogP contribution is 2.17. The van der Waals surface area contributed by atoms with Gasteiger partial charge in [-0.3, -0.25) is 4.99 Å². The lowest BCUT2D eigenvalue weighted by Crippen LogP contribution is -2.38. The van der Waals surface area contributed by atoms with Gasteiger partial charge in [-0.25, -0.2) is 4.98 Å². The van der Waals surface area contributed by atoms with Crippen molar-refractivity contribution in [1.82, 2.24) is 15.3 Å². The van der Waals surface area contributed by atoms with E-state index >= 15 is 0 Å². The highest BCUT2D eigenvalue weighted by molar-refractivity contribution is 14.0. The molecule has 0 aliphatic heterocycles. The number of nitrogens with zero attached hydrogens (tertiary/aromatic N) is 2. The molecular formula is C15H22IN5. The largest absolute Gasteiger partial charge is 0.370 e. The zero-order valence-electron chi connectivity index (χ0n) is 12.0. The van der Waals surface area contributed by atoms with E-state index in [9.17, 15) is 0 Å². The number of pyridine rings is 1. The van der Waals surface area contributed by atoms with E-state index in [1.807, 2.05) is 12.3 Å². The minimum atomic E-state index is 0. The molecule has 0 unspecified atom stereocenters. The summed E-state index contributed by atoms with van der Waals surface area (Å²) in [6.45, 7) is 0.702. The van der Waals surface area contributed by atoms with Crippen molar-refractivity contribution < 1.29 is 0 Å². The molecule has 3 rings (SSSR count). The van der Waals surface area contributed by atoms with Gasteiger partial charge in [0.15, 0.2) is 5.96 Å². The maximum Gasteiger partial charge on any atom is 0.188 e. The third-order valence-electron chi connectivity index (χ3n) is 3.91. The van der Waals surface area contributed by atoms with Crippen molar-refractivity contribution in [3.8, 4) is 0 Å². The predicted octanol–water partition coefficient (Wildman–Crippen LogP) is 2.57. The first-order valence-electron chi connectivity index (χ1n) is 7.30. The van der Waals surface area contributed by atoms with Crippen molar-refractivity contribution in [1.29, 1.82) is 0 Å². The number of aromatic nitrogens is 2. The van der Waals surface area contributed by atoms with Crippen molar-refractivity contribution in [3.63, 3.8) is 0 Å². The van der Waals surface area contributed by atoms with Crippen LogP contribution < -0.4 is 11.1 Å². The lowest BCUT2D eigenvalue weighted by Gasteiger charge is -2.12. The number of H-pyrrole nitrogens is 1. The molecule has 0 saturated heterocycles. The van der Waals surface area contributed by atoms with Gasteiger partial charge < -0.3 is 16.0 Å². The highest BCUT2D eigenvalue weighted by atomic mass is 127. The summed E-state index contributed by atoms with van der Waals surface area (Å²) in [5.41, 5.74) is 8.10. The molecule has 2 aromatic heterocycles. The molecule has 0 atom stereocenters. The van der Waals surface area contributed by atoms with Crippen LogP contribution in [0.15, 0.2) is 29.5 Å². The fraction of sp³-hybridized carbons (Fsp3) is 0.467. The van der Waals surface area contributed by atoms with E-state index in [1.165, 1.54) is 36.6 Å². The van der Waals surface area contributed by atoms with Gasteiger partial charge in [0.1, 0.15) is 5.65 Å². The second-order valence-corrected chi connectivity index (χ2v) is 5.36. The van der Waals surface area contributed by atoms with Gasteiger partial charge in [-0.05, 0) is 37.0 Å². The fourth-order valence-electron chi connectivity index (χ4n) is 2.84. The van der Waals surface area contributed by atoms with Crippen LogP contribution in [-0.2, 0) is 6.42 Å². The van der Waals surface area contributed by atoms with E-state index in [0.29, 0.717) is 18.5 Å². The average molecular weight is 399 g/mol. The summed E-state index contributed by atoms with van der Waals surface area (Å²) in [5.74, 6) is 0.579. The molecule has 4 N–H and O–H groups in total. The second-order valence-electron chi connectivity index (χ2n) is 5.36. The first kappa shape index (κ1) is 16.1. The minimum Gasteiger partial charge on any atom is -0.370 e. The zero-order valence-corrected chi connectivity index (χ0v) is 14.3. The summed E-state index contributed by atoms with van der Waals surface area (Å²) in [7, 11) is 0. The number of nitrogens with one attached hydrogen (secondary N) is 2. The first-order valence-corrected chi connectivity index (χ1v) is 7.30. The Morgan fingerprint density at radius 3 is 3.05 bits per heavy atom. The molecule has 0 bridgehead atoms. The Labute approximate surface area is 141 Å². The van der Waals surface area contributed by atoms with E-state index in [2.05, 4.69) is 26.3 Å². The number of hydrogen-bond acceptors (Lipinski definition) is 2. The number of fused-ring (bicyclic) bond motifs is 1. The maximum atomic E-state index is 5.92. The van der Waals surface area contributed by atoms with E-state index < -0.39 is 0 Å². The van der Waals surface area contributed by atoms with Gasteiger partial charge >= 0.3 is 0 Å². The standard InChI is InChI=1S/C15H21N5.HI/c16-15(20-12-4-1-2-5-12)18-9-7-11-10-19-14-13(11)6-3-8-17-14;/h3,6,8,10,12H,1-2,4-5,7,9H2,(H,17,19)(H3,16,18,20);1H. The van der Waals surface area contributed by atoms with Crippen LogP contribution in [0.25, 0.3) is 11.0 Å². The Morgan fingerprint density at radius 2 is 2.24 bits per heavy atom. The number of guanidine groups is 1. The Morgan fingerprint density at radius 1 is 1.43 bits per heavy atom. The van der Waals surface area contributed by atoms with E-state index in [4.69, 9.17) is 5.73 Å². The minimum absolute atomic E-state index is 0. The molecule has 21 heavy (non-hydrogen) atoms. The number of aliphatic imine (C=N–C) groups is 1. The number of halogens is 1. The Bertz CT molecular complexity index is 601. The lowest BCUT2D eigenvalue weighted by atomic mass is 10.1.